The van der Waals surface area contributed by atoms with Crippen molar-refractivity contribution in [2.75, 3.05) is 26.4 Å². The van der Waals surface area contributed by atoms with E-state index in [4.69, 9.17) is 23.3 Å². The second-order valence-corrected chi connectivity index (χ2v) is 19.5. The minimum absolute atomic E-state index is 0.163. The zero-order valence-corrected chi connectivity index (χ0v) is 43.3. The summed E-state index contributed by atoms with van der Waals surface area (Å²) in [5.74, 6) is -1.48. The molecule has 0 heterocycles. The number of carbonyl (C=O) groups excluding carboxylic acids is 3. The van der Waals surface area contributed by atoms with Gasteiger partial charge in [-0.2, -0.15) is 0 Å². The Balaban J connectivity index is 4.72. The van der Waals surface area contributed by atoms with Crippen molar-refractivity contribution in [3.8, 4) is 0 Å². The van der Waals surface area contributed by atoms with Crippen molar-refractivity contribution >= 4 is 25.7 Å². The van der Waals surface area contributed by atoms with Gasteiger partial charge in [0.2, 0.25) is 0 Å². The third-order valence-corrected chi connectivity index (χ3v) is 12.5. The smallest absolute Gasteiger partial charge is 0.462 e. The Morgan fingerprint density at radius 1 is 0.409 bits per heavy atom. The molecule has 0 aromatic rings. The van der Waals surface area contributed by atoms with Crippen molar-refractivity contribution in [3.05, 3.63) is 36.5 Å². The fourth-order valence-electron chi connectivity index (χ4n) is 7.31. The molecule has 0 rings (SSSR count). The number of hydrogen-bond acceptors (Lipinski definition) is 10. The fraction of sp³-hybridized carbons (Fsp3) is 0.833. The minimum atomic E-state index is -4.74. The number of allylic oxidation sites excluding steroid dienone is 6. The number of carbonyl (C=O) groups is 3. The maximum absolute atomic E-state index is 12.8. The quantitative estimate of drug-likeness (QED) is 0.0197. The number of aliphatic hydroxyl groups excluding tert-OH is 1. The SMILES string of the molecule is CCCC/C=C\CCCCCCCC(=O)OCC(COP(=O)(O)OCC(CO)OC(=O)CCCCCCC/C=C\CCCC)OC(=O)CCCCCCCCC/C=C\CCCCCCCC. The molecule has 386 valence electrons. The Kier molecular flexibility index (Phi) is 47.4. The first-order chi connectivity index (χ1) is 32.2. The normalized spacial score (nSPS) is 13.7. The summed E-state index contributed by atoms with van der Waals surface area (Å²) in [6.07, 6.45) is 48.3. The Labute approximate surface area is 403 Å². The molecular formula is C54H99O11P. The van der Waals surface area contributed by atoms with Crippen molar-refractivity contribution < 1.29 is 52.2 Å². The predicted molar refractivity (Wildman–Crippen MR) is 270 cm³/mol. The number of hydrogen-bond donors (Lipinski definition) is 2. The first-order valence-corrected chi connectivity index (χ1v) is 28.4. The number of unbranched alkanes of at least 4 members (excludes halogenated alkanes) is 27. The summed E-state index contributed by atoms with van der Waals surface area (Å²) in [6.45, 7) is 4.54. The maximum atomic E-state index is 12.8. The van der Waals surface area contributed by atoms with Crippen LogP contribution in [0.3, 0.4) is 0 Å². The van der Waals surface area contributed by atoms with E-state index in [9.17, 15) is 28.9 Å². The Morgan fingerprint density at radius 3 is 1.09 bits per heavy atom. The van der Waals surface area contributed by atoms with E-state index in [2.05, 4.69) is 57.2 Å². The zero-order chi connectivity index (χ0) is 48.4. The average molecular weight is 955 g/mol. The van der Waals surface area contributed by atoms with Crippen LogP contribution in [0.2, 0.25) is 0 Å². The van der Waals surface area contributed by atoms with Crippen LogP contribution in [0.5, 0.6) is 0 Å². The number of esters is 3. The highest BCUT2D eigenvalue weighted by molar-refractivity contribution is 7.47. The van der Waals surface area contributed by atoms with Gasteiger partial charge in [-0.1, -0.05) is 186 Å². The van der Waals surface area contributed by atoms with E-state index < -0.39 is 57.8 Å². The van der Waals surface area contributed by atoms with E-state index in [-0.39, 0.29) is 25.9 Å². The van der Waals surface area contributed by atoms with E-state index in [0.29, 0.717) is 19.3 Å². The lowest BCUT2D eigenvalue weighted by atomic mass is 10.1. The van der Waals surface area contributed by atoms with E-state index >= 15 is 0 Å². The van der Waals surface area contributed by atoms with Gasteiger partial charge < -0.3 is 24.2 Å². The lowest BCUT2D eigenvalue weighted by Crippen LogP contribution is -2.30. The van der Waals surface area contributed by atoms with Gasteiger partial charge in [0.1, 0.15) is 12.7 Å². The predicted octanol–water partition coefficient (Wildman–Crippen LogP) is 15.3. The summed E-state index contributed by atoms with van der Waals surface area (Å²) in [7, 11) is -4.74. The second-order valence-electron chi connectivity index (χ2n) is 18.0. The standard InChI is InChI=1S/C54H99O11P/c1-4-7-10-13-16-19-22-23-24-25-26-27-30-33-36-39-42-45-54(58)65-51(47-61-52(56)43-40-37-34-31-28-20-17-14-11-8-5-2)49-63-66(59,60)62-48-50(46-55)64-53(57)44-41-38-35-32-29-21-18-15-12-9-6-3/h14-15,17-18,23-24,50-51,55H,4-13,16,19-22,25-49H2,1-3H3,(H,59,60)/b17-14-,18-15-,24-23-. The van der Waals surface area contributed by atoms with Gasteiger partial charge in [-0.15, -0.1) is 0 Å². The van der Waals surface area contributed by atoms with Crippen LogP contribution in [-0.2, 0) is 42.2 Å². The first-order valence-electron chi connectivity index (χ1n) is 26.9. The van der Waals surface area contributed by atoms with Crippen LogP contribution in [0, 0.1) is 0 Å². The second kappa shape index (κ2) is 49.1. The van der Waals surface area contributed by atoms with Gasteiger partial charge in [-0.05, 0) is 83.5 Å². The third kappa shape index (κ3) is 46.8. The topological polar surface area (TPSA) is 155 Å². The third-order valence-electron chi connectivity index (χ3n) is 11.5. The summed E-state index contributed by atoms with van der Waals surface area (Å²) in [5, 5.41) is 9.76. The molecule has 3 atom stereocenters. The Bertz CT molecular complexity index is 1250. The zero-order valence-electron chi connectivity index (χ0n) is 42.4. The summed E-state index contributed by atoms with van der Waals surface area (Å²) in [6, 6.07) is 0. The molecule has 0 spiro atoms. The number of rotatable bonds is 50. The Morgan fingerprint density at radius 2 is 0.712 bits per heavy atom. The molecule has 0 saturated heterocycles. The molecule has 0 bridgehead atoms. The van der Waals surface area contributed by atoms with E-state index in [1.54, 1.807) is 0 Å². The number of phosphoric acid groups is 1. The van der Waals surface area contributed by atoms with Crippen LogP contribution in [0.25, 0.3) is 0 Å². The van der Waals surface area contributed by atoms with Gasteiger partial charge in [-0.25, -0.2) is 4.57 Å². The van der Waals surface area contributed by atoms with Crippen LogP contribution in [0.4, 0.5) is 0 Å². The maximum Gasteiger partial charge on any atom is 0.472 e. The number of phosphoric ester groups is 1. The number of aliphatic hydroxyl groups is 1. The van der Waals surface area contributed by atoms with Gasteiger partial charge in [0.25, 0.3) is 0 Å². The van der Waals surface area contributed by atoms with E-state index in [0.717, 1.165) is 103 Å². The monoisotopic (exact) mass is 955 g/mol. The van der Waals surface area contributed by atoms with Crippen LogP contribution in [0.1, 0.15) is 252 Å². The summed E-state index contributed by atoms with van der Waals surface area (Å²) in [5.41, 5.74) is 0. The van der Waals surface area contributed by atoms with Gasteiger partial charge in [0.05, 0.1) is 19.8 Å². The largest absolute Gasteiger partial charge is 0.472 e. The first kappa shape index (κ1) is 63.7. The molecule has 12 heteroatoms. The molecule has 0 aliphatic rings. The molecule has 11 nitrogen and oxygen atoms in total. The molecule has 2 N–H and O–H groups in total. The highest BCUT2D eigenvalue weighted by Gasteiger charge is 2.28. The van der Waals surface area contributed by atoms with Crippen molar-refractivity contribution in [3.63, 3.8) is 0 Å². The van der Waals surface area contributed by atoms with Crippen molar-refractivity contribution in [1.29, 1.82) is 0 Å². The molecule has 0 aromatic carbocycles. The minimum Gasteiger partial charge on any atom is -0.462 e. The lowest BCUT2D eigenvalue weighted by Gasteiger charge is -2.21. The highest BCUT2D eigenvalue weighted by Crippen LogP contribution is 2.43. The molecule has 0 amide bonds. The fourth-order valence-corrected chi connectivity index (χ4v) is 8.10. The lowest BCUT2D eigenvalue weighted by molar-refractivity contribution is -0.161. The molecular weight excluding hydrogens is 856 g/mol. The van der Waals surface area contributed by atoms with Gasteiger partial charge in [0, 0.05) is 19.3 Å². The molecule has 0 saturated carbocycles. The molecule has 0 aliphatic carbocycles. The van der Waals surface area contributed by atoms with Crippen LogP contribution < -0.4 is 0 Å². The van der Waals surface area contributed by atoms with Crippen molar-refractivity contribution in [2.45, 2.75) is 264 Å². The average Bonchev–Trinajstić information content (AvgIpc) is 3.30. The summed E-state index contributed by atoms with van der Waals surface area (Å²) >= 11 is 0. The molecule has 3 unspecified atom stereocenters. The van der Waals surface area contributed by atoms with Gasteiger partial charge >= 0.3 is 25.7 Å². The Hall–Kier alpha value is -2.30. The van der Waals surface area contributed by atoms with Crippen LogP contribution in [-0.4, -0.2) is 66.5 Å². The number of ether oxygens (including phenoxy) is 3. The summed E-state index contributed by atoms with van der Waals surface area (Å²) < 4.78 is 39.3. The summed E-state index contributed by atoms with van der Waals surface area (Å²) in [4.78, 5) is 48.3. The van der Waals surface area contributed by atoms with Crippen molar-refractivity contribution in [1.82, 2.24) is 0 Å². The van der Waals surface area contributed by atoms with Crippen LogP contribution in [0.15, 0.2) is 36.5 Å². The van der Waals surface area contributed by atoms with Gasteiger partial charge in [0.15, 0.2) is 6.10 Å². The highest BCUT2D eigenvalue weighted by atomic mass is 31.2. The van der Waals surface area contributed by atoms with Crippen LogP contribution >= 0.6 is 7.82 Å². The molecule has 0 fully saturated rings. The van der Waals surface area contributed by atoms with Gasteiger partial charge in [-0.3, -0.25) is 23.4 Å². The molecule has 0 aromatic heterocycles. The molecule has 0 aliphatic heterocycles. The van der Waals surface area contributed by atoms with Crippen molar-refractivity contribution in [2.24, 2.45) is 0 Å². The van der Waals surface area contributed by atoms with E-state index in [1.807, 2.05) is 0 Å². The molecule has 66 heavy (non-hydrogen) atoms. The van der Waals surface area contributed by atoms with E-state index in [1.165, 1.54) is 89.9 Å². The molecule has 0 radical (unpaired) electrons.